The molecule has 3 aromatic heterocycles. The standard InChI is InChI=1S/C21H17N5OS/c1-14-24-25-20-12-27-11-18-17(9-15-5-3-2-4-6-15)19(28-21(18)26(14)20)8-7-16-10-22-13-23-16/h2-6,10,13H,9,11-12H2,1H3,(H,22,23). The Hall–Kier alpha value is -3.21. The summed E-state index contributed by atoms with van der Waals surface area (Å²) in [6, 6.07) is 10.4. The fraction of sp³-hybridized carbons (Fsp3) is 0.190. The van der Waals surface area contributed by atoms with E-state index >= 15 is 0 Å². The maximum absolute atomic E-state index is 5.92. The molecular weight excluding hydrogens is 370 g/mol. The number of nitrogens with one attached hydrogen (secondary N) is 1. The molecule has 4 heterocycles. The highest BCUT2D eigenvalue weighted by atomic mass is 32.1. The summed E-state index contributed by atoms with van der Waals surface area (Å²) in [5.41, 5.74) is 4.35. The maximum atomic E-state index is 5.92. The molecule has 1 N–H and O–H groups in total. The zero-order valence-corrected chi connectivity index (χ0v) is 16.1. The summed E-state index contributed by atoms with van der Waals surface area (Å²) in [4.78, 5) is 8.18. The number of aromatic nitrogens is 5. The van der Waals surface area contributed by atoms with Crippen LogP contribution in [-0.2, 0) is 24.4 Å². The highest BCUT2D eigenvalue weighted by molar-refractivity contribution is 7.15. The van der Waals surface area contributed by atoms with Crippen molar-refractivity contribution in [2.24, 2.45) is 0 Å². The second kappa shape index (κ2) is 7.08. The smallest absolute Gasteiger partial charge is 0.164 e. The highest BCUT2D eigenvalue weighted by Gasteiger charge is 2.25. The molecule has 7 heteroatoms. The van der Waals surface area contributed by atoms with Crippen molar-refractivity contribution in [1.82, 2.24) is 24.7 Å². The van der Waals surface area contributed by atoms with Crippen LogP contribution in [0.15, 0.2) is 42.9 Å². The van der Waals surface area contributed by atoms with Crippen LogP contribution in [0.4, 0.5) is 0 Å². The molecule has 138 valence electrons. The number of benzene rings is 1. The Kier molecular flexibility index (Phi) is 4.28. The van der Waals surface area contributed by atoms with E-state index in [0.29, 0.717) is 13.2 Å². The van der Waals surface area contributed by atoms with Gasteiger partial charge in [0.1, 0.15) is 23.1 Å². The molecule has 0 spiro atoms. The van der Waals surface area contributed by atoms with E-state index in [-0.39, 0.29) is 0 Å². The van der Waals surface area contributed by atoms with Gasteiger partial charge in [0.25, 0.3) is 0 Å². The van der Waals surface area contributed by atoms with Gasteiger partial charge in [-0.25, -0.2) is 4.98 Å². The minimum Gasteiger partial charge on any atom is -0.369 e. The highest BCUT2D eigenvalue weighted by Crippen LogP contribution is 2.36. The Bertz CT molecular complexity index is 1180. The molecule has 0 bridgehead atoms. The Morgan fingerprint density at radius 3 is 2.89 bits per heavy atom. The first-order valence-electron chi connectivity index (χ1n) is 8.98. The zero-order chi connectivity index (χ0) is 18.9. The van der Waals surface area contributed by atoms with Crippen LogP contribution in [-0.4, -0.2) is 24.7 Å². The number of nitrogens with zero attached hydrogens (tertiary/aromatic N) is 4. The Labute approximate surface area is 166 Å². The number of fused-ring (bicyclic) bond motifs is 3. The number of ether oxygens (including phenoxy) is 1. The van der Waals surface area contributed by atoms with E-state index in [1.165, 1.54) is 16.7 Å². The van der Waals surface area contributed by atoms with Gasteiger partial charge in [-0.3, -0.25) is 4.57 Å². The van der Waals surface area contributed by atoms with Crippen molar-refractivity contribution in [3.8, 4) is 16.8 Å². The van der Waals surface area contributed by atoms with Crippen molar-refractivity contribution in [2.45, 2.75) is 26.6 Å². The van der Waals surface area contributed by atoms with Crippen LogP contribution >= 0.6 is 11.3 Å². The summed E-state index contributed by atoms with van der Waals surface area (Å²) in [5, 5.41) is 9.61. The van der Waals surface area contributed by atoms with Gasteiger partial charge in [-0.05, 0) is 36.3 Å². The number of hydrogen-bond donors (Lipinski definition) is 1. The van der Waals surface area contributed by atoms with E-state index < -0.39 is 0 Å². The first-order chi connectivity index (χ1) is 13.8. The number of thiophene rings is 1. The van der Waals surface area contributed by atoms with Crippen molar-refractivity contribution in [3.63, 3.8) is 0 Å². The first-order valence-corrected chi connectivity index (χ1v) is 9.79. The molecule has 0 saturated carbocycles. The number of aromatic amines is 1. The molecular formula is C21H17N5OS. The van der Waals surface area contributed by atoms with Gasteiger partial charge in [0.2, 0.25) is 0 Å². The lowest BCUT2D eigenvalue weighted by molar-refractivity contribution is 0.104. The van der Waals surface area contributed by atoms with E-state index in [1.54, 1.807) is 23.9 Å². The number of aryl methyl sites for hydroxylation is 1. The van der Waals surface area contributed by atoms with Crippen LogP contribution < -0.4 is 0 Å². The fourth-order valence-electron chi connectivity index (χ4n) is 3.36. The third-order valence-corrected chi connectivity index (χ3v) is 5.87. The molecule has 4 aromatic rings. The second-order valence-electron chi connectivity index (χ2n) is 6.55. The molecule has 1 aromatic carbocycles. The van der Waals surface area contributed by atoms with Gasteiger partial charge in [-0.1, -0.05) is 30.3 Å². The van der Waals surface area contributed by atoms with Crippen molar-refractivity contribution in [1.29, 1.82) is 0 Å². The quantitative estimate of drug-likeness (QED) is 0.536. The van der Waals surface area contributed by atoms with Crippen LogP contribution in [0.25, 0.3) is 5.00 Å². The second-order valence-corrected chi connectivity index (χ2v) is 7.55. The van der Waals surface area contributed by atoms with E-state index in [2.05, 4.69) is 60.8 Å². The molecule has 28 heavy (non-hydrogen) atoms. The molecule has 0 amide bonds. The Balaban J connectivity index is 1.67. The third kappa shape index (κ3) is 3.03. The molecule has 0 fully saturated rings. The molecule has 1 aliphatic heterocycles. The molecule has 5 rings (SSSR count). The third-order valence-electron chi connectivity index (χ3n) is 4.69. The maximum Gasteiger partial charge on any atom is 0.164 e. The van der Waals surface area contributed by atoms with E-state index in [9.17, 15) is 0 Å². The van der Waals surface area contributed by atoms with Gasteiger partial charge in [-0.2, -0.15) is 0 Å². The predicted octanol–water partition coefficient (Wildman–Crippen LogP) is 3.38. The monoisotopic (exact) mass is 387 g/mol. The molecule has 0 saturated heterocycles. The van der Waals surface area contributed by atoms with Crippen LogP contribution in [0.3, 0.4) is 0 Å². The predicted molar refractivity (Wildman–Crippen MR) is 106 cm³/mol. The lowest BCUT2D eigenvalue weighted by atomic mass is 10.0. The lowest BCUT2D eigenvalue weighted by Crippen LogP contribution is -2.00. The van der Waals surface area contributed by atoms with E-state index in [0.717, 1.165) is 33.6 Å². The largest absolute Gasteiger partial charge is 0.369 e. The van der Waals surface area contributed by atoms with Crippen LogP contribution in [0.2, 0.25) is 0 Å². The Morgan fingerprint density at radius 1 is 1.18 bits per heavy atom. The van der Waals surface area contributed by atoms with Gasteiger partial charge in [0, 0.05) is 11.8 Å². The average Bonchev–Trinajstić information content (AvgIpc) is 3.40. The Morgan fingerprint density at radius 2 is 2.07 bits per heavy atom. The topological polar surface area (TPSA) is 68.6 Å². The average molecular weight is 387 g/mol. The summed E-state index contributed by atoms with van der Waals surface area (Å²) in [5.74, 6) is 8.18. The fourth-order valence-corrected chi connectivity index (χ4v) is 4.61. The molecule has 0 unspecified atom stereocenters. The number of H-pyrrole nitrogens is 1. The van der Waals surface area contributed by atoms with Crippen LogP contribution in [0, 0.1) is 18.8 Å². The van der Waals surface area contributed by atoms with Gasteiger partial charge < -0.3 is 9.72 Å². The van der Waals surface area contributed by atoms with Crippen LogP contribution in [0.5, 0.6) is 0 Å². The number of imidazole rings is 1. The van der Waals surface area contributed by atoms with Gasteiger partial charge >= 0.3 is 0 Å². The number of rotatable bonds is 2. The lowest BCUT2D eigenvalue weighted by Gasteiger charge is -2.06. The summed E-state index contributed by atoms with van der Waals surface area (Å²) in [7, 11) is 0. The molecule has 6 nitrogen and oxygen atoms in total. The molecule has 0 radical (unpaired) electrons. The molecule has 0 aliphatic carbocycles. The van der Waals surface area contributed by atoms with Crippen molar-refractivity contribution in [3.05, 3.63) is 81.8 Å². The van der Waals surface area contributed by atoms with Crippen molar-refractivity contribution < 1.29 is 4.74 Å². The van der Waals surface area contributed by atoms with Crippen molar-refractivity contribution >= 4 is 11.3 Å². The number of hydrogen-bond acceptors (Lipinski definition) is 5. The molecule has 0 atom stereocenters. The van der Waals surface area contributed by atoms with E-state index in [4.69, 9.17) is 4.74 Å². The summed E-state index contributed by atoms with van der Waals surface area (Å²) in [6.45, 7) is 2.97. The summed E-state index contributed by atoms with van der Waals surface area (Å²) >= 11 is 1.67. The summed E-state index contributed by atoms with van der Waals surface area (Å²) < 4.78 is 8.02. The van der Waals surface area contributed by atoms with Crippen LogP contribution in [0.1, 0.15) is 38.9 Å². The SMILES string of the molecule is Cc1nnc2n1-c1sc(C#Cc3c[nH]cn3)c(Cc3ccccc3)c1COC2. The van der Waals surface area contributed by atoms with Gasteiger partial charge in [0.05, 0.1) is 17.8 Å². The normalized spacial score (nSPS) is 12.6. The minimum atomic E-state index is 0.460. The minimum absolute atomic E-state index is 0.460. The molecule has 1 aliphatic rings. The van der Waals surface area contributed by atoms with E-state index in [1.807, 2.05) is 13.0 Å². The van der Waals surface area contributed by atoms with Gasteiger partial charge in [0.15, 0.2) is 5.82 Å². The first kappa shape index (κ1) is 16.9. The summed E-state index contributed by atoms with van der Waals surface area (Å²) in [6.07, 6.45) is 4.24. The van der Waals surface area contributed by atoms with Gasteiger partial charge in [-0.15, -0.1) is 21.5 Å². The zero-order valence-electron chi connectivity index (χ0n) is 15.3. The van der Waals surface area contributed by atoms with Crippen molar-refractivity contribution in [2.75, 3.05) is 0 Å².